The number of ether oxygens (including phenoxy) is 1. The zero-order valence-corrected chi connectivity index (χ0v) is 19.4. The van der Waals surface area contributed by atoms with Gasteiger partial charge in [-0.05, 0) is 38.4 Å². The van der Waals surface area contributed by atoms with Gasteiger partial charge < -0.3 is 30.9 Å². The molecule has 1 fully saturated rings. The van der Waals surface area contributed by atoms with Gasteiger partial charge in [0.2, 0.25) is 0 Å². The first-order valence-corrected chi connectivity index (χ1v) is 10.8. The van der Waals surface area contributed by atoms with Crippen molar-refractivity contribution < 1.29 is 53.1 Å². The van der Waals surface area contributed by atoms with E-state index < -0.39 is 35.5 Å². The van der Waals surface area contributed by atoms with Gasteiger partial charge in [0.1, 0.15) is 5.75 Å². The van der Waals surface area contributed by atoms with Gasteiger partial charge >= 0.3 is 23.9 Å². The summed E-state index contributed by atoms with van der Waals surface area (Å²) in [5.74, 6) is -5.07. The summed E-state index contributed by atoms with van der Waals surface area (Å²) in [5, 5.41) is 31.6. The number of hydrogen-bond donors (Lipinski definition) is 5. The van der Waals surface area contributed by atoms with E-state index in [0.29, 0.717) is 36.9 Å². The SMILES string of the molecule is CCOc1cc(F)c(F)cc1CN1CC[C@@H](CN)C1.O=C(O)CCC(=O)O.O=C(O)CCC(=O)O. The summed E-state index contributed by atoms with van der Waals surface area (Å²) >= 11 is 0. The summed E-state index contributed by atoms with van der Waals surface area (Å²) in [6, 6.07) is 2.36. The number of carboxylic acids is 4. The van der Waals surface area contributed by atoms with Crippen molar-refractivity contribution in [3.63, 3.8) is 0 Å². The van der Waals surface area contributed by atoms with Gasteiger partial charge in [-0.2, -0.15) is 0 Å². The van der Waals surface area contributed by atoms with Crippen LogP contribution in [0, 0.1) is 17.6 Å². The molecule has 198 valence electrons. The molecule has 0 aliphatic carbocycles. The Hall–Kier alpha value is -3.32. The van der Waals surface area contributed by atoms with Crippen LogP contribution in [0.2, 0.25) is 0 Å². The van der Waals surface area contributed by atoms with E-state index in [0.717, 1.165) is 25.6 Å². The molecule has 13 heteroatoms. The maximum Gasteiger partial charge on any atom is 0.303 e. The Morgan fingerprint density at radius 1 is 0.943 bits per heavy atom. The summed E-state index contributed by atoms with van der Waals surface area (Å²) < 4.78 is 32.0. The average molecular weight is 506 g/mol. The van der Waals surface area contributed by atoms with Crippen LogP contribution in [0.3, 0.4) is 0 Å². The largest absolute Gasteiger partial charge is 0.493 e. The molecular formula is C22H32F2N2O9. The molecule has 1 saturated heterocycles. The van der Waals surface area contributed by atoms with Crippen molar-refractivity contribution in [2.75, 3.05) is 26.2 Å². The molecule has 0 unspecified atom stereocenters. The Morgan fingerprint density at radius 3 is 1.77 bits per heavy atom. The monoisotopic (exact) mass is 506 g/mol. The second kappa shape index (κ2) is 17.2. The summed E-state index contributed by atoms with van der Waals surface area (Å²) in [4.78, 5) is 40.8. The highest BCUT2D eigenvalue weighted by Crippen LogP contribution is 2.26. The fraction of sp³-hybridized carbons (Fsp3) is 0.545. The molecule has 1 aromatic carbocycles. The molecular weight excluding hydrogens is 474 g/mol. The third-order valence-corrected chi connectivity index (χ3v) is 4.61. The van der Waals surface area contributed by atoms with Crippen LogP contribution in [0.5, 0.6) is 5.75 Å². The molecule has 2 rings (SSSR count). The first-order chi connectivity index (χ1) is 16.4. The van der Waals surface area contributed by atoms with E-state index >= 15 is 0 Å². The zero-order valence-electron chi connectivity index (χ0n) is 19.4. The fourth-order valence-electron chi connectivity index (χ4n) is 2.90. The van der Waals surface area contributed by atoms with Crippen molar-refractivity contribution in [2.45, 2.75) is 45.6 Å². The smallest absolute Gasteiger partial charge is 0.303 e. The summed E-state index contributed by atoms with van der Waals surface area (Å²) in [6.45, 7) is 5.35. The molecule has 1 aromatic rings. The molecule has 35 heavy (non-hydrogen) atoms. The average Bonchev–Trinajstić information content (AvgIpc) is 3.23. The van der Waals surface area contributed by atoms with Crippen LogP contribution in [0.25, 0.3) is 0 Å². The number of likely N-dealkylation sites (tertiary alicyclic amines) is 1. The predicted molar refractivity (Wildman–Crippen MR) is 119 cm³/mol. The van der Waals surface area contributed by atoms with Crippen molar-refractivity contribution >= 4 is 23.9 Å². The van der Waals surface area contributed by atoms with Gasteiger partial charge in [-0.15, -0.1) is 0 Å². The number of halogens is 2. The van der Waals surface area contributed by atoms with E-state index in [1.54, 1.807) is 0 Å². The first-order valence-electron chi connectivity index (χ1n) is 10.8. The Kier molecular flexibility index (Phi) is 15.5. The lowest BCUT2D eigenvalue weighted by Crippen LogP contribution is -2.23. The molecule has 0 bridgehead atoms. The summed E-state index contributed by atoms with van der Waals surface area (Å²) in [7, 11) is 0. The van der Waals surface area contributed by atoms with E-state index in [-0.39, 0.29) is 25.7 Å². The summed E-state index contributed by atoms with van der Waals surface area (Å²) in [6.07, 6.45) is -0.126. The zero-order chi connectivity index (χ0) is 27.0. The second-order valence-electron chi connectivity index (χ2n) is 7.51. The van der Waals surface area contributed by atoms with Gasteiger partial charge in [-0.25, -0.2) is 8.78 Å². The number of nitrogens with zero attached hydrogens (tertiary/aromatic N) is 1. The Bertz CT molecular complexity index is 796. The van der Waals surface area contributed by atoms with Crippen LogP contribution in [0.4, 0.5) is 8.78 Å². The topological polar surface area (TPSA) is 188 Å². The maximum absolute atomic E-state index is 13.3. The lowest BCUT2D eigenvalue weighted by molar-refractivity contribution is -0.143. The highest BCUT2D eigenvalue weighted by atomic mass is 19.2. The Labute approximate surface area is 201 Å². The molecule has 6 N–H and O–H groups in total. The van der Waals surface area contributed by atoms with Gasteiger partial charge in [-0.3, -0.25) is 24.1 Å². The standard InChI is InChI=1S/C14H20F2N2O.2C4H6O4/c1-2-19-14-6-13(16)12(15)5-11(14)9-18-4-3-10(7-17)8-18;2*5-3(6)1-2-4(7)8/h5-6,10H,2-4,7-9,17H2,1H3;2*1-2H2,(H,5,6)(H,7,8)/t10-;;/m0../s1. The van der Waals surface area contributed by atoms with E-state index in [1.165, 1.54) is 6.07 Å². The lowest BCUT2D eigenvalue weighted by atomic mass is 10.1. The van der Waals surface area contributed by atoms with E-state index in [4.69, 9.17) is 30.9 Å². The number of carbonyl (C=O) groups is 4. The number of benzene rings is 1. The predicted octanol–water partition coefficient (Wildman–Crippen LogP) is 2.02. The number of hydrogen-bond acceptors (Lipinski definition) is 7. The van der Waals surface area contributed by atoms with Crippen molar-refractivity contribution in [1.82, 2.24) is 4.90 Å². The molecule has 1 heterocycles. The molecule has 1 aliphatic heterocycles. The minimum atomic E-state index is -1.08. The van der Waals surface area contributed by atoms with Gasteiger partial charge in [0.05, 0.1) is 32.3 Å². The third kappa shape index (κ3) is 15.2. The number of carboxylic acid groups (broad SMARTS) is 4. The molecule has 1 aliphatic rings. The van der Waals surface area contributed by atoms with Gasteiger partial charge in [0.15, 0.2) is 11.6 Å². The van der Waals surface area contributed by atoms with Crippen LogP contribution < -0.4 is 10.5 Å². The van der Waals surface area contributed by atoms with Crippen LogP contribution in [0.15, 0.2) is 12.1 Å². The van der Waals surface area contributed by atoms with Crippen LogP contribution in [0.1, 0.15) is 44.6 Å². The molecule has 0 aromatic heterocycles. The summed E-state index contributed by atoms with van der Waals surface area (Å²) in [5.41, 5.74) is 6.34. The fourth-order valence-corrected chi connectivity index (χ4v) is 2.90. The minimum absolute atomic E-state index is 0.296. The number of nitrogens with two attached hydrogens (primary N) is 1. The van der Waals surface area contributed by atoms with Gasteiger partial charge in [0, 0.05) is 24.7 Å². The van der Waals surface area contributed by atoms with Crippen molar-refractivity contribution in [3.05, 3.63) is 29.3 Å². The number of aliphatic carboxylic acids is 4. The van der Waals surface area contributed by atoms with E-state index in [9.17, 15) is 28.0 Å². The van der Waals surface area contributed by atoms with Crippen molar-refractivity contribution in [2.24, 2.45) is 11.7 Å². The van der Waals surface area contributed by atoms with E-state index in [2.05, 4.69) is 4.90 Å². The minimum Gasteiger partial charge on any atom is -0.493 e. The van der Waals surface area contributed by atoms with Gasteiger partial charge in [-0.1, -0.05) is 0 Å². The third-order valence-electron chi connectivity index (χ3n) is 4.61. The molecule has 0 radical (unpaired) electrons. The highest BCUT2D eigenvalue weighted by Gasteiger charge is 2.23. The van der Waals surface area contributed by atoms with E-state index in [1.807, 2.05) is 6.92 Å². The molecule has 0 amide bonds. The van der Waals surface area contributed by atoms with Crippen LogP contribution >= 0.6 is 0 Å². The first kappa shape index (κ1) is 31.7. The van der Waals surface area contributed by atoms with Crippen LogP contribution in [-0.4, -0.2) is 75.4 Å². The van der Waals surface area contributed by atoms with Crippen LogP contribution in [-0.2, 0) is 25.7 Å². The lowest BCUT2D eigenvalue weighted by Gasteiger charge is -2.18. The second-order valence-corrected chi connectivity index (χ2v) is 7.51. The van der Waals surface area contributed by atoms with Crippen molar-refractivity contribution in [1.29, 1.82) is 0 Å². The molecule has 0 saturated carbocycles. The number of rotatable bonds is 11. The quantitative estimate of drug-likeness (QED) is 0.295. The van der Waals surface area contributed by atoms with Gasteiger partial charge in [0.25, 0.3) is 0 Å². The normalized spacial score (nSPS) is 14.7. The maximum atomic E-state index is 13.3. The highest BCUT2D eigenvalue weighted by molar-refractivity contribution is 5.75. The Morgan fingerprint density at radius 2 is 1.40 bits per heavy atom. The molecule has 11 nitrogen and oxygen atoms in total. The molecule has 1 atom stereocenters. The molecule has 0 spiro atoms. The van der Waals surface area contributed by atoms with Crippen molar-refractivity contribution in [3.8, 4) is 5.75 Å². The Balaban J connectivity index is 0.000000601.